The number of amides is 1. The highest BCUT2D eigenvalue weighted by atomic mass is 19.4. The smallest absolute Gasteiger partial charge is 0.352 e. The van der Waals surface area contributed by atoms with Gasteiger partial charge in [-0.25, -0.2) is 14.1 Å². The van der Waals surface area contributed by atoms with Crippen molar-refractivity contribution in [3.05, 3.63) is 76.0 Å². The Hall–Kier alpha value is -3.23. The predicted octanol–water partition coefficient (Wildman–Crippen LogP) is 4.21. The monoisotopic (exact) mass is 420 g/mol. The van der Waals surface area contributed by atoms with Crippen LogP contribution in [-0.4, -0.2) is 20.7 Å². The van der Waals surface area contributed by atoms with Crippen molar-refractivity contribution >= 4 is 5.91 Å². The molecule has 2 heterocycles. The van der Waals surface area contributed by atoms with E-state index in [4.69, 9.17) is 0 Å². The first-order valence-electron chi connectivity index (χ1n) is 9.16. The molecule has 2 aromatic heterocycles. The van der Waals surface area contributed by atoms with Crippen LogP contribution in [-0.2, 0) is 23.9 Å². The first kappa shape index (κ1) is 21.5. The molecule has 0 bridgehead atoms. The van der Waals surface area contributed by atoms with Crippen LogP contribution in [0.1, 0.15) is 33.6 Å². The number of nitrogens with zero attached hydrogens (tertiary/aromatic N) is 3. The Kier molecular flexibility index (Phi) is 5.91. The highest BCUT2D eigenvalue weighted by molar-refractivity contribution is 5.79. The van der Waals surface area contributed by atoms with Crippen molar-refractivity contribution in [2.45, 2.75) is 39.9 Å². The van der Waals surface area contributed by atoms with Gasteiger partial charge in [-0.1, -0.05) is 12.1 Å². The second kappa shape index (κ2) is 8.25. The van der Waals surface area contributed by atoms with Crippen molar-refractivity contribution in [1.29, 1.82) is 0 Å². The highest BCUT2D eigenvalue weighted by Crippen LogP contribution is 2.29. The molecule has 0 aliphatic heterocycles. The molecule has 1 amide bonds. The minimum atomic E-state index is -4.47. The number of nitrogens with one attached hydrogen (secondary N) is 1. The van der Waals surface area contributed by atoms with Gasteiger partial charge in [0.05, 0.1) is 17.7 Å². The largest absolute Gasteiger partial charge is 0.417 e. The summed E-state index contributed by atoms with van der Waals surface area (Å²) < 4.78 is 52.9. The molecule has 0 saturated carbocycles. The molecule has 5 nitrogen and oxygen atoms in total. The van der Waals surface area contributed by atoms with E-state index < -0.39 is 11.7 Å². The molecule has 0 saturated heterocycles. The summed E-state index contributed by atoms with van der Waals surface area (Å²) in [6, 6.07) is 6.80. The molecule has 0 aliphatic carbocycles. The number of carbonyl (C=O) groups is 1. The Balaban J connectivity index is 1.72. The van der Waals surface area contributed by atoms with Crippen LogP contribution in [0.3, 0.4) is 0 Å². The number of halogens is 4. The third-order valence-corrected chi connectivity index (χ3v) is 4.78. The molecule has 3 rings (SSSR count). The first-order valence-corrected chi connectivity index (χ1v) is 9.16. The lowest BCUT2D eigenvalue weighted by Gasteiger charge is -2.09. The third-order valence-electron chi connectivity index (χ3n) is 4.78. The molecule has 0 radical (unpaired) electrons. The van der Waals surface area contributed by atoms with Crippen LogP contribution < -0.4 is 5.32 Å². The minimum Gasteiger partial charge on any atom is -0.352 e. The van der Waals surface area contributed by atoms with Crippen LogP contribution >= 0.6 is 0 Å². The normalized spacial score (nSPS) is 11.6. The molecule has 0 atom stereocenters. The third kappa shape index (κ3) is 4.67. The van der Waals surface area contributed by atoms with E-state index in [2.05, 4.69) is 15.4 Å². The van der Waals surface area contributed by atoms with Crippen LogP contribution in [0, 0.1) is 26.6 Å². The molecular formula is C21H20F4N4O. The zero-order chi connectivity index (χ0) is 22.1. The number of aromatic nitrogens is 3. The average molecular weight is 420 g/mol. The van der Waals surface area contributed by atoms with Gasteiger partial charge in [-0.3, -0.25) is 4.79 Å². The topological polar surface area (TPSA) is 59.8 Å². The highest BCUT2D eigenvalue weighted by Gasteiger charge is 2.30. The minimum absolute atomic E-state index is 0.0540. The Morgan fingerprint density at radius 2 is 1.87 bits per heavy atom. The number of pyridine rings is 1. The molecule has 0 fully saturated rings. The SMILES string of the molecule is Cc1cc(CNC(=O)Cc2c(C)nn(-c3ccc(C(F)(F)F)cn3)c2C)ccc1F. The zero-order valence-electron chi connectivity index (χ0n) is 16.6. The van der Waals surface area contributed by atoms with E-state index in [0.29, 0.717) is 22.5 Å². The van der Waals surface area contributed by atoms with Crippen molar-refractivity contribution in [3.8, 4) is 5.82 Å². The van der Waals surface area contributed by atoms with Crippen LogP contribution in [0.15, 0.2) is 36.5 Å². The van der Waals surface area contributed by atoms with Gasteiger partial charge < -0.3 is 5.32 Å². The van der Waals surface area contributed by atoms with Gasteiger partial charge in [0.25, 0.3) is 0 Å². The van der Waals surface area contributed by atoms with Crippen LogP contribution in [0.4, 0.5) is 17.6 Å². The van der Waals surface area contributed by atoms with E-state index in [-0.39, 0.29) is 30.5 Å². The maximum Gasteiger partial charge on any atom is 0.417 e. The lowest BCUT2D eigenvalue weighted by molar-refractivity contribution is -0.137. The standard InChI is InChI=1S/C21H20F4N4O/c1-12-8-15(4-6-18(12)22)10-27-20(30)9-17-13(2)28-29(14(17)3)19-7-5-16(11-26-19)21(23,24)25/h4-8,11H,9-10H2,1-3H3,(H,27,30). The number of hydrogen-bond acceptors (Lipinski definition) is 3. The molecule has 1 aromatic carbocycles. The fourth-order valence-electron chi connectivity index (χ4n) is 3.07. The van der Waals surface area contributed by atoms with Gasteiger partial charge in [0.2, 0.25) is 5.91 Å². The maximum atomic E-state index is 13.3. The van der Waals surface area contributed by atoms with E-state index >= 15 is 0 Å². The molecule has 158 valence electrons. The fourth-order valence-corrected chi connectivity index (χ4v) is 3.07. The number of aryl methyl sites for hydroxylation is 2. The van der Waals surface area contributed by atoms with Crippen LogP contribution in [0.2, 0.25) is 0 Å². The van der Waals surface area contributed by atoms with Gasteiger partial charge in [-0.2, -0.15) is 18.3 Å². The van der Waals surface area contributed by atoms with Gasteiger partial charge in [-0.15, -0.1) is 0 Å². The molecule has 0 aliphatic rings. The quantitative estimate of drug-likeness (QED) is 0.629. The Labute approximate surface area is 170 Å². The molecule has 9 heteroatoms. The van der Waals surface area contributed by atoms with Gasteiger partial charge in [0, 0.05) is 24.0 Å². The van der Waals surface area contributed by atoms with Crippen molar-refractivity contribution in [1.82, 2.24) is 20.1 Å². The number of rotatable bonds is 5. The molecule has 3 aromatic rings. The van der Waals surface area contributed by atoms with Gasteiger partial charge in [0.15, 0.2) is 5.82 Å². The number of carbonyl (C=O) groups excluding carboxylic acids is 1. The Morgan fingerprint density at radius 3 is 2.47 bits per heavy atom. The molecule has 0 unspecified atom stereocenters. The summed E-state index contributed by atoms with van der Waals surface area (Å²) in [4.78, 5) is 16.2. The molecule has 1 N–H and O–H groups in total. The van der Waals surface area contributed by atoms with E-state index in [1.165, 1.54) is 16.8 Å². The number of hydrogen-bond donors (Lipinski definition) is 1. The van der Waals surface area contributed by atoms with Gasteiger partial charge in [-0.05, 0) is 50.1 Å². The molecule has 30 heavy (non-hydrogen) atoms. The summed E-state index contributed by atoms with van der Waals surface area (Å²) >= 11 is 0. The number of alkyl halides is 3. The Morgan fingerprint density at radius 1 is 1.13 bits per heavy atom. The van der Waals surface area contributed by atoms with Crippen LogP contribution in [0.5, 0.6) is 0 Å². The van der Waals surface area contributed by atoms with E-state index in [0.717, 1.165) is 17.8 Å². The first-order chi connectivity index (χ1) is 14.1. The van der Waals surface area contributed by atoms with Gasteiger partial charge >= 0.3 is 6.18 Å². The van der Waals surface area contributed by atoms with E-state index in [1.807, 2.05) is 0 Å². The lowest BCUT2D eigenvalue weighted by Crippen LogP contribution is -2.25. The second-order valence-corrected chi connectivity index (χ2v) is 7.00. The summed E-state index contributed by atoms with van der Waals surface area (Å²) in [5.41, 5.74) is 2.31. The summed E-state index contributed by atoms with van der Waals surface area (Å²) in [5.74, 6) is -0.319. The average Bonchev–Trinajstić information content (AvgIpc) is 2.96. The van der Waals surface area contributed by atoms with E-state index in [9.17, 15) is 22.4 Å². The van der Waals surface area contributed by atoms with E-state index in [1.54, 1.807) is 32.9 Å². The number of benzene rings is 1. The van der Waals surface area contributed by atoms with Crippen molar-refractivity contribution in [3.63, 3.8) is 0 Å². The van der Waals surface area contributed by atoms with Crippen LogP contribution in [0.25, 0.3) is 5.82 Å². The second-order valence-electron chi connectivity index (χ2n) is 7.00. The fraction of sp³-hybridized carbons (Fsp3) is 0.286. The van der Waals surface area contributed by atoms with Crippen molar-refractivity contribution < 1.29 is 22.4 Å². The maximum absolute atomic E-state index is 13.3. The molecular weight excluding hydrogens is 400 g/mol. The predicted molar refractivity (Wildman–Crippen MR) is 103 cm³/mol. The summed E-state index contributed by atoms with van der Waals surface area (Å²) in [5, 5.41) is 7.10. The summed E-state index contributed by atoms with van der Waals surface area (Å²) in [6.45, 7) is 5.36. The zero-order valence-corrected chi connectivity index (χ0v) is 16.6. The lowest BCUT2D eigenvalue weighted by atomic mass is 10.1. The van der Waals surface area contributed by atoms with Crippen molar-refractivity contribution in [2.75, 3.05) is 0 Å². The summed E-state index contributed by atoms with van der Waals surface area (Å²) in [6.07, 6.45) is -3.66. The van der Waals surface area contributed by atoms with Gasteiger partial charge in [0.1, 0.15) is 5.82 Å². The Bertz CT molecular complexity index is 1070. The van der Waals surface area contributed by atoms with Crippen molar-refractivity contribution in [2.24, 2.45) is 0 Å². The summed E-state index contributed by atoms with van der Waals surface area (Å²) in [7, 11) is 0. The molecule has 0 spiro atoms.